The minimum Gasteiger partial charge on any atom is -0.360 e. The second-order valence-electron chi connectivity index (χ2n) is 6.04. The Hall–Kier alpha value is -0.840. The van der Waals surface area contributed by atoms with Gasteiger partial charge < -0.3 is 4.74 Å². The van der Waals surface area contributed by atoms with Crippen LogP contribution in [0.25, 0.3) is 10.2 Å². The van der Waals surface area contributed by atoms with Gasteiger partial charge in [-0.15, -0.1) is 11.3 Å². The highest BCUT2D eigenvalue weighted by atomic mass is 35.5. The number of sulfone groups is 1. The molecule has 1 aliphatic heterocycles. The van der Waals surface area contributed by atoms with Crippen molar-refractivity contribution in [3.63, 3.8) is 0 Å². The van der Waals surface area contributed by atoms with Crippen molar-refractivity contribution in [1.82, 2.24) is 20.2 Å². The van der Waals surface area contributed by atoms with E-state index in [2.05, 4.69) is 26.3 Å². The van der Waals surface area contributed by atoms with Gasteiger partial charge in [0, 0.05) is 30.4 Å². The molecule has 1 aliphatic rings. The zero-order chi connectivity index (χ0) is 17.9. The second-order valence-corrected chi connectivity index (χ2v) is 9.90. The molecule has 3 heterocycles. The van der Waals surface area contributed by atoms with E-state index in [1.807, 2.05) is 0 Å². The molecular weight excluding hydrogens is 384 g/mol. The van der Waals surface area contributed by atoms with Crippen LogP contribution in [-0.4, -0.2) is 67.1 Å². The van der Waals surface area contributed by atoms with Crippen molar-refractivity contribution in [3.05, 3.63) is 23.5 Å². The van der Waals surface area contributed by atoms with E-state index in [1.165, 1.54) is 12.6 Å². The Morgan fingerprint density at radius 1 is 1.56 bits per heavy atom. The zero-order valence-electron chi connectivity index (χ0n) is 13.9. The molecule has 1 saturated heterocycles. The third-order valence-electron chi connectivity index (χ3n) is 3.93. The molecule has 138 valence electrons. The third kappa shape index (κ3) is 5.32. The minimum absolute atomic E-state index is 0.0519. The maximum absolute atomic E-state index is 11.3. The number of alkyl halides is 1. The summed E-state index contributed by atoms with van der Waals surface area (Å²) in [5, 5.41) is 3.47. The molecule has 10 heteroatoms. The van der Waals surface area contributed by atoms with E-state index in [9.17, 15) is 8.42 Å². The Labute approximate surface area is 156 Å². The van der Waals surface area contributed by atoms with Gasteiger partial charge in [-0.2, -0.15) is 0 Å². The normalized spacial score (nSPS) is 20.8. The van der Waals surface area contributed by atoms with Gasteiger partial charge in [-0.3, -0.25) is 10.2 Å². The van der Waals surface area contributed by atoms with Crippen LogP contribution in [0.4, 0.5) is 0 Å². The van der Waals surface area contributed by atoms with Crippen LogP contribution in [-0.2, 0) is 14.6 Å². The van der Waals surface area contributed by atoms with Crippen LogP contribution < -0.4 is 5.32 Å². The lowest BCUT2D eigenvalue weighted by molar-refractivity contribution is -0.0113. The molecule has 2 unspecified atom stereocenters. The summed E-state index contributed by atoms with van der Waals surface area (Å²) in [5.74, 6) is 0.172. The summed E-state index contributed by atoms with van der Waals surface area (Å²) in [6, 6.07) is 2.05. The van der Waals surface area contributed by atoms with Crippen LogP contribution >= 0.6 is 22.9 Å². The molecule has 1 N–H and O–H groups in total. The number of rotatable bonds is 7. The van der Waals surface area contributed by atoms with E-state index in [4.69, 9.17) is 16.3 Å². The van der Waals surface area contributed by atoms with E-state index in [-0.39, 0.29) is 17.5 Å². The Morgan fingerprint density at radius 3 is 3.12 bits per heavy atom. The Balaban J connectivity index is 1.75. The SMILES string of the molecule is CS(=O)(=O)CCCNC(c1cc2ncncc2s1)N1CCOC(Cl)C1. The molecule has 2 aromatic heterocycles. The summed E-state index contributed by atoms with van der Waals surface area (Å²) in [6.07, 6.45) is 5.12. The van der Waals surface area contributed by atoms with Gasteiger partial charge in [0.25, 0.3) is 0 Å². The van der Waals surface area contributed by atoms with E-state index in [0.717, 1.165) is 21.6 Å². The highest BCUT2D eigenvalue weighted by Gasteiger charge is 2.27. The van der Waals surface area contributed by atoms with Gasteiger partial charge in [-0.05, 0) is 19.0 Å². The topological polar surface area (TPSA) is 84.4 Å². The second kappa shape index (κ2) is 8.24. The molecule has 0 aliphatic carbocycles. The fraction of sp³-hybridized carbons (Fsp3) is 0.600. The lowest BCUT2D eigenvalue weighted by Gasteiger charge is -2.36. The Kier molecular flexibility index (Phi) is 6.24. The van der Waals surface area contributed by atoms with Gasteiger partial charge >= 0.3 is 0 Å². The summed E-state index contributed by atoms with van der Waals surface area (Å²) in [7, 11) is -2.95. The molecule has 0 saturated carbocycles. The van der Waals surface area contributed by atoms with Gasteiger partial charge in [0.05, 0.1) is 28.7 Å². The number of hydrogen-bond donors (Lipinski definition) is 1. The van der Waals surface area contributed by atoms with Crippen LogP contribution in [0.2, 0.25) is 0 Å². The van der Waals surface area contributed by atoms with Crippen molar-refractivity contribution < 1.29 is 13.2 Å². The number of halogens is 1. The zero-order valence-corrected chi connectivity index (χ0v) is 16.3. The number of hydrogen-bond acceptors (Lipinski definition) is 8. The first kappa shape index (κ1) is 18.9. The molecule has 1 fully saturated rings. The van der Waals surface area contributed by atoms with Gasteiger partial charge in [0.15, 0.2) is 0 Å². The van der Waals surface area contributed by atoms with Crippen LogP contribution in [0.15, 0.2) is 18.6 Å². The number of aromatic nitrogens is 2. The van der Waals surface area contributed by atoms with Crippen molar-refractivity contribution in [2.24, 2.45) is 0 Å². The van der Waals surface area contributed by atoms with E-state index < -0.39 is 9.84 Å². The highest BCUT2D eigenvalue weighted by Crippen LogP contribution is 2.31. The smallest absolute Gasteiger partial charge is 0.147 e. The number of fused-ring (bicyclic) bond motifs is 1. The average molecular weight is 405 g/mol. The van der Waals surface area contributed by atoms with Gasteiger partial charge in [0.1, 0.15) is 21.7 Å². The largest absolute Gasteiger partial charge is 0.360 e. The molecule has 0 amide bonds. The molecule has 7 nitrogen and oxygen atoms in total. The van der Waals surface area contributed by atoms with E-state index in [0.29, 0.717) is 26.1 Å². The maximum Gasteiger partial charge on any atom is 0.147 e. The third-order valence-corrected chi connectivity index (χ3v) is 6.34. The predicted octanol–water partition coefficient (Wildman–Crippen LogP) is 1.61. The molecule has 0 spiro atoms. The molecule has 0 aromatic carbocycles. The lowest BCUT2D eigenvalue weighted by atomic mass is 10.2. The molecule has 3 rings (SSSR count). The van der Waals surface area contributed by atoms with Crippen molar-refractivity contribution in [3.8, 4) is 0 Å². The first-order valence-corrected chi connectivity index (χ1v) is 11.3. The summed E-state index contributed by atoms with van der Waals surface area (Å²) < 4.78 is 29.1. The van der Waals surface area contributed by atoms with Crippen LogP contribution in [0.1, 0.15) is 17.5 Å². The summed E-state index contributed by atoms with van der Waals surface area (Å²) in [6.45, 7) is 2.53. The van der Waals surface area contributed by atoms with Gasteiger partial charge in [-0.25, -0.2) is 18.4 Å². The first-order chi connectivity index (χ1) is 11.9. The number of morpholine rings is 1. The van der Waals surface area contributed by atoms with Crippen LogP contribution in [0.3, 0.4) is 0 Å². The number of ether oxygens (including phenoxy) is 1. The first-order valence-electron chi connectivity index (χ1n) is 8.03. The fourth-order valence-electron chi connectivity index (χ4n) is 2.78. The van der Waals surface area contributed by atoms with Gasteiger partial charge in [0.2, 0.25) is 0 Å². The van der Waals surface area contributed by atoms with Crippen molar-refractivity contribution in [2.45, 2.75) is 18.1 Å². The molecule has 25 heavy (non-hydrogen) atoms. The average Bonchev–Trinajstić information content (AvgIpc) is 2.97. The van der Waals surface area contributed by atoms with Crippen molar-refractivity contribution in [1.29, 1.82) is 0 Å². The Morgan fingerprint density at radius 2 is 2.40 bits per heavy atom. The molecule has 2 atom stereocenters. The van der Waals surface area contributed by atoms with Crippen LogP contribution in [0, 0.1) is 0 Å². The standard InChI is InChI=1S/C15H21ClN4O3S2/c1-25(21,22)6-2-3-18-15(20-4-5-23-14(16)9-20)12-7-11-13(24-12)8-17-10-19-11/h7-8,10,14-15,18H,2-6,9H2,1H3. The van der Waals surface area contributed by atoms with Crippen molar-refractivity contribution in [2.75, 3.05) is 38.2 Å². The fourth-order valence-corrected chi connectivity index (χ4v) is 4.82. The number of thiophene rings is 1. The quantitative estimate of drug-likeness (QED) is 0.554. The molecule has 0 bridgehead atoms. The molecule has 0 radical (unpaired) electrons. The number of nitrogens with zero attached hydrogens (tertiary/aromatic N) is 3. The number of nitrogens with one attached hydrogen (secondary N) is 1. The summed E-state index contributed by atoms with van der Waals surface area (Å²) >= 11 is 7.79. The van der Waals surface area contributed by atoms with Gasteiger partial charge in [-0.1, -0.05) is 11.6 Å². The minimum atomic E-state index is -2.95. The Bertz CT molecular complexity index is 781. The van der Waals surface area contributed by atoms with E-state index in [1.54, 1.807) is 17.5 Å². The van der Waals surface area contributed by atoms with Crippen LogP contribution in [0.5, 0.6) is 0 Å². The predicted molar refractivity (Wildman–Crippen MR) is 99.7 cm³/mol. The summed E-state index contributed by atoms with van der Waals surface area (Å²) in [5.41, 5.74) is 0.567. The summed E-state index contributed by atoms with van der Waals surface area (Å²) in [4.78, 5) is 11.7. The van der Waals surface area contributed by atoms with E-state index >= 15 is 0 Å². The lowest BCUT2D eigenvalue weighted by Crippen LogP contribution is -2.47. The molecular formula is C15H21ClN4O3S2. The van der Waals surface area contributed by atoms with Crippen molar-refractivity contribution >= 4 is 43.0 Å². The monoisotopic (exact) mass is 404 g/mol. The highest BCUT2D eigenvalue weighted by molar-refractivity contribution is 7.90. The maximum atomic E-state index is 11.3. The molecule has 2 aromatic rings.